The summed E-state index contributed by atoms with van der Waals surface area (Å²) in [4.78, 5) is 10.7. The van der Waals surface area contributed by atoms with Crippen LogP contribution in [0, 0.1) is 0 Å². The van der Waals surface area contributed by atoms with Crippen molar-refractivity contribution < 1.29 is 9.90 Å². The Kier molecular flexibility index (Phi) is 4.15. The van der Waals surface area contributed by atoms with Gasteiger partial charge in [-0.25, -0.2) is 5.43 Å². The maximum atomic E-state index is 10.7. The predicted octanol–water partition coefficient (Wildman–Crippen LogP) is 2.56. The Morgan fingerprint density at radius 1 is 1.38 bits per heavy atom. The lowest BCUT2D eigenvalue weighted by molar-refractivity contribution is -0.118. The van der Waals surface area contributed by atoms with Gasteiger partial charge in [-0.1, -0.05) is 23.2 Å². The highest BCUT2D eigenvalue weighted by Crippen LogP contribution is 2.31. The minimum atomic E-state index is -0.299. The van der Waals surface area contributed by atoms with Crippen LogP contribution < -0.4 is 5.43 Å². The molecule has 0 unspecified atom stereocenters. The van der Waals surface area contributed by atoms with Crippen molar-refractivity contribution in [2.24, 2.45) is 5.10 Å². The van der Waals surface area contributed by atoms with Gasteiger partial charge in [0.15, 0.2) is 0 Å². The predicted molar refractivity (Wildman–Crippen MR) is 64.2 cm³/mol. The van der Waals surface area contributed by atoms with Gasteiger partial charge in [0.05, 0.1) is 10.7 Å². The summed E-state index contributed by atoms with van der Waals surface area (Å²) < 4.78 is 0. The Bertz CT molecular complexity index is 458. The summed E-state index contributed by atoms with van der Waals surface area (Å²) in [5.74, 6) is -0.412. The minimum Gasteiger partial charge on any atom is -0.506 e. The minimum absolute atomic E-state index is 0.113. The van der Waals surface area contributed by atoms with Crippen LogP contribution in [-0.4, -0.2) is 16.7 Å². The molecule has 0 bridgehead atoms. The Balaban J connectivity index is 3.12. The molecule has 1 amide bonds. The second kappa shape index (κ2) is 5.18. The van der Waals surface area contributed by atoms with Crippen LogP contribution in [0.15, 0.2) is 17.2 Å². The van der Waals surface area contributed by atoms with Crippen LogP contribution in [0.2, 0.25) is 10.0 Å². The van der Waals surface area contributed by atoms with E-state index in [2.05, 4.69) is 10.5 Å². The third-order valence-electron chi connectivity index (χ3n) is 1.80. The maximum absolute atomic E-state index is 10.7. The quantitative estimate of drug-likeness (QED) is 0.634. The highest BCUT2D eigenvalue weighted by atomic mass is 35.5. The zero-order valence-electron chi connectivity index (χ0n) is 8.71. The van der Waals surface area contributed by atoms with E-state index in [0.29, 0.717) is 16.3 Å². The number of rotatable bonds is 2. The Morgan fingerprint density at radius 3 is 2.56 bits per heavy atom. The average molecular weight is 261 g/mol. The summed E-state index contributed by atoms with van der Waals surface area (Å²) in [7, 11) is 0. The van der Waals surface area contributed by atoms with Crippen molar-refractivity contribution in [3.63, 3.8) is 0 Å². The third kappa shape index (κ3) is 3.12. The maximum Gasteiger partial charge on any atom is 0.236 e. The molecule has 0 fully saturated rings. The van der Waals surface area contributed by atoms with E-state index in [-0.39, 0.29) is 16.7 Å². The largest absolute Gasteiger partial charge is 0.506 e. The van der Waals surface area contributed by atoms with E-state index in [1.807, 2.05) is 0 Å². The first kappa shape index (κ1) is 12.8. The summed E-state index contributed by atoms with van der Waals surface area (Å²) >= 11 is 11.5. The van der Waals surface area contributed by atoms with E-state index in [9.17, 15) is 9.90 Å². The van der Waals surface area contributed by atoms with Crippen molar-refractivity contribution in [2.75, 3.05) is 0 Å². The van der Waals surface area contributed by atoms with Gasteiger partial charge in [0, 0.05) is 17.5 Å². The number of nitrogens with one attached hydrogen (secondary N) is 1. The lowest BCUT2D eigenvalue weighted by atomic mass is 10.1. The molecule has 4 nitrogen and oxygen atoms in total. The number of carbonyl (C=O) groups is 1. The fraction of sp³-hybridized carbons (Fsp3) is 0.200. The molecule has 2 N–H and O–H groups in total. The van der Waals surface area contributed by atoms with Crippen molar-refractivity contribution >= 4 is 34.8 Å². The Morgan fingerprint density at radius 2 is 2.00 bits per heavy atom. The van der Waals surface area contributed by atoms with Crippen molar-refractivity contribution in [1.29, 1.82) is 0 Å². The molecular weight excluding hydrogens is 251 g/mol. The van der Waals surface area contributed by atoms with Crippen molar-refractivity contribution in [1.82, 2.24) is 5.43 Å². The van der Waals surface area contributed by atoms with Gasteiger partial charge in [-0.2, -0.15) is 5.10 Å². The van der Waals surface area contributed by atoms with E-state index < -0.39 is 0 Å². The molecule has 1 rings (SSSR count). The van der Waals surface area contributed by atoms with Gasteiger partial charge in [0.1, 0.15) is 5.75 Å². The SMILES string of the molecule is CC(=O)N/N=C(\C)c1cc(Cl)cc(Cl)c1O. The van der Waals surface area contributed by atoms with Crippen LogP contribution in [0.3, 0.4) is 0 Å². The smallest absolute Gasteiger partial charge is 0.236 e. The summed E-state index contributed by atoms with van der Waals surface area (Å²) in [6.45, 7) is 2.96. The van der Waals surface area contributed by atoms with E-state index in [0.717, 1.165) is 0 Å². The second-order valence-electron chi connectivity index (χ2n) is 3.15. The molecule has 86 valence electrons. The standard InChI is InChI=1S/C10H10Cl2N2O2/c1-5(13-14-6(2)15)8-3-7(11)4-9(12)10(8)16/h3-4,16H,1-2H3,(H,14,15)/b13-5+. The molecule has 0 aromatic heterocycles. The normalized spacial score (nSPS) is 11.4. The van der Waals surface area contributed by atoms with Gasteiger partial charge < -0.3 is 5.11 Å². The second-order valence-corrected chi connectivity index (χ2v) is 3.99. The van der Waals surface area contributed by atoms with Gasteiger partial charge in [-0.15, -0.1) is 0 Å². The molecule has 0 radical (unpaired) electrons. The molecule has 16 heavy (non-hydrogen) atoms. The molecule has 0 saturated heterocycles. The number of phenolic OH excluding ortho intramolecular Hbond substituents is 1. The Hall–Kier alpha value is -1.26. The van der Waals surface area contributed by atoms with Crippen molar-refractivity contribution in [2.45, 2.75) is 13.8 Å². The van der Waals surface area contributed by atoms with Crippen LogP contribution in [-0.2, 0) is 4.79 Å². The lowest BCUT2D eigenvalue weighted by Gasteiger charge is -2.06. The Labute approximate surface area is 103 Å². The zero-order valence-corrected chi connectivity index (χ0v) is 10.2. The van der Waals surface area contributed by atoms with Crippen LogP contribution in [0.1, 0.15) is 19.4 Å². The number of hydrazone groups is 1. The van der Waals surface area contributed by atoms with Crippen LogP contribution in [0.4, 0.5) is 0 Å². The summed E-state index contributed by atoms with van der Waals surface area (Å²) in [6, 6.07) is 2.94. The van der Waals surface area contributed by atoms with E-state index >= 15 is 0 Å². The van der Waals surface area contributed by atoms with Gasteiger partial charge in [-0.05, 0) is 19.1 Å². The number of hydrogen-bond donors (Lipinski definition) is 2. The van der Waals surface area contributed by atoms with Crippen LogP contribution >= 0.6 is 23.2 Å². The average Bonchev–Trinajstić information content (AvgIpc) is 2.19. The third-order valence-corrected chi connectivity index (χ3v) is 2.31. The fourth-order valence-corrected chi connectivity index (χ4v) is 1.56. The highest BCUT2D eigenvalue weighted by molar-refractivity contribution is 6.36. The summed E-state index contributed by atoms with van der Waals surface area (Å²) in [5.41, 5.74) is 3.06. The molecule has 0 aliphatic heterocycles. The van der Waals surface area contributed by atoms with Crippen molar-refractivity contribution in [3.8, 4) is 5.75 Å². The van der Waals surface area contributed by atoms with E-state index in [4.69, 9.17) is 23.2 Å². The highest BCUT2D eigenvalue weighted by Gasteiger charge is 2.10. The van der Waals surface area contributed by atoms with Gasteiger partial charge in [0.2, 0.25) is 5.91 Å². The van der Waals surface area contributed by atoms with Crippen LogP contribution in [0.5, 0.6) is 5.75 Å². The van der Waals surface area contributed by atoms with Gasteiger partial charge >= 0.3 is 0 Å². The van der Waals surface area contributed by atoms with Gasteiger partial charge in [0.25, 0.3) is 0 Å². The first-order chi connectivity index (χ1) is 7.41. The van der Waals surface area contributed by atoms with Crippen molar-refractivity contribution in [3.05, 3.63) is 27.7 Å². The lowest BCUT2D eigenvalue weighted by Crippen LogP contribution is -2.15. The molecular formula is C10H10Cl2N2O2. The fourth-order valence-electron chi connectivity index (χ4n) is 1.06. The summed E-state index contributed by atoms with van der Waals surface area (Å²) in [6.07, 6.45) is 0. The number of aromatic hydroxyl groups is 1. The zero-order chi connectivity index (χ0) is 12.3. The molecule has 0 aliphatic carbocycles. The van der Waals surface area contributed by atoms with E-state index in [1.165, 1.54) is 19.1 Å². The first-order valence-electron chi connectivity index (χ1n) is 4.41. The number of benzene rings is 1. The topological polar surface area (TPSA) is 61.7 Å². The summed E-state index contributed by atoms with van der Waals surface area (Å²) in [5, 5.41) is 14.0. The van der Waals surface area contributed by atoms with Crippen LogP contribution in [0.25, 0.3) is 0 Å². The number of amides is 1. The molecule has 1 aromatic carbocycles. The molecule has 1 aromatic rings. The number of nitrogens with zero attached hydrogens (tertiary/aromatic N) is 1. The number of carbonyl (C=O) groups excluding carboxylic acids is 1. The molecule has 0 heterocycles. The number of hydrogen-bond acceptors (Lipinski definition) is 3. The molecule has 0 spiro atoms. The van der Waals surface area contributed by atoms with E-state index in [1.54, 1.807) is 6.92 Å². The van der Waals surface area contributed by atoms with Gasteiger partial charge in [-0.3, -0.25) is 4.79 Å². The molecule has 0 saturated carbocycles. The number of phenols is 1. The molecule has 0 atom stereocenters. The first-order valence-corrected chi connectivity index (χ1v) is 5.16. The molecule has 6 heteroatoms. The molecule has 0 aliphatic rings. The monoisotopic (exact) mass is 260 g/mol. The number of halogens is 2.